The molecule has 0 fully saturated rings. The fourth-order valence-electron chi connectivity index (χ4n) is 1.94. The number of ether oxygens (including phenoxy) is 1. The number of aromatic nitrogens is 2. The maximum atomic E-state index is 12.2. The van der Waals surface area contributed by atoms with Crippen LogP contribution < -0.4 is 0 Å². The Kier molecular flexibility index (Phi) is 6.05. The van der Waals surface area contributed by atoms with Gasteiger partial charge in [0.1, 0.15) is 0 Å². The number of nitrogens with zero attached hydrogens (tertiary/aromatic N) is 2. The molecule has 0 aliphatic rings. The molecule has 1 heterocycles. The van der Waals surface area contributed by atoms with Crippen LogP contribution in [0.25, 0.3) is 10.9 Å². The van der Waals surface area contributed by atoms with Gasteiger partial charge in [0, 0.05) is 5.39 Å². The first-order valence-corrected chi connectivity index (χ1v) is 7.42. The van der Waals surface area contributed by atoms with Gasteiger partial charge in [-0.25, -0.2) is 4.79 Å². The van der Waals surface area contributed by atoms with Crippen LogP contribution in [0.4, 0.5) is 13.2 Å². The summed E-state index contributed by atoms with van der Waals surface area (Å²) >= 11 is 0. The lowest BCUT2D eigenvalue weighted by Gasteiger charge is -2.07. The van der Waals surface area contributed by atoms with E-state index < -0.39 is 17.7 Å². The quantitative estimate of drug-likeness (QED) is 0.639. The Morgan fingerprint density at radius 3 is 2.32 bits per heavy atom. The van der Waals surface area contributed by atoms with Crippen LogP contribution in [0.1, 0.15) is 22.8 Å². The third kappa shape index (κ3) is 5.27. The summed E-state index contributed by atoms with van der Waals surface area (Å²) in [7, 11) is 0. The highest BCUT2D eigenvalue weighted by molar-refractivity contribution is 5.89. The second-order valence-corrected chi connectivity index (χ2v) is 4.89. The van der Waals surface area contributed by atoms with Crippen molar-refractivity contribution in [2.45, 2.75) is 13.1 Å². The molecule has 3 aromatic rings. The summed E-state index contributed by atoms with van der Waals surface area (Å²) in [5.41, 5.74) is 0.283. The van der Waals surface area contributed by atoms with Gasteiger partial charge >= 0.3 is 12.1 Å². The molecule has 1 aromatic heterocycles. The van der Waals surface area contributed by atoms with E-state index in [0.717, 1.165) is 35.2 Å². The first-order chi connectivity index (χ1) is 11.9. The number of fused-ring (bicyclic) bond motifs is 1. The van der Waals surface area contributed by atoms with Gasteiger partial charge in [-0.1, -0.05) is 18.2 Å². The highest BCUT2D eigenvalue weighted by Crippen LogP contribution is 2.29. The molecule has 0 atom stereocenters. The van der Waals surface area contributed by atoms with E-state index in [4.69, 9.17) is 0 Å². The van der Waals surface area contributed by atoms with E-state index in [0.29, 0.717) is 0 Å². The van der Waals surface area contributed by atoms with E-state index in [-0.39, 0.29) is 12.2 Å². The zero-order valence-corrected chi connectivity index (χ0v) is 13.3. The Morgan fingerprint density at radius 1 is 1.04 bits per heavy atom. The molecule has 0 amide bonds. The zero-order chi connectivity index (χ0) is 18.3. The van der Waals surface area contributed by atoms with Gasteiger partial charge in [0.15, 0.2) is 0 Å². The SMILES string of the molecule is CCOC(=O)c1ccc(C(F)(F)F)cc1.c1ccc2nnccc2c1. The van der Waals surface area contributed by atoms with Gasteiger partial charge in [-0.3, -0.25) is 0 Å². The summed E-state index contributed by atoms with van der Waals surface area (Å²) in [5, 5.41) is 8.83. The Hall–Kier alpha value is -2.96. The summed E-state index contributed by atoms with van der Waals surface area (Å²) in [6.07, 6.45) is -2.68. The molecular weight excluding hydrogens is 333 g/mol. The van der Waals surface area contributed by atoms with Crippen LogP contribution >= 0.6 is 0 Å². The molecule has 0 saturated carbocycles. The van der Waals surface area contributed by atoms with Crippen molar-refractivity contribution in [2.24, 2.45) is 0 Å². The predicted molar refractivity (Wildman–Crippen MR) is 86.9 cm³/mol. The molecule has 0 aliphatic carbocycles. The van der Waals surface area contributed by atoms with E-state index in [1.807, 2.05) is 30.3 Å². The minimum atomic E-state index is -4.38. The van der Waals surface area contributed by atoms with Crippen molar-refractivity contribution in [1.82, 2.24) is 10.2 Å². The number of carbonyl (C=O) groups excluding carboxylic acids is 1. The van der Waals surface area contributed by atoms with E-state index >= 15 is 0 Å². The minimum absolute atomic E-state index is 0.116. The largest absolute Gasteiger partial charge is 0.462 e. The number of benzene rings is 2. The number of halogens is 3. The van der Waals surface area contributed by atoms with Crippen molar-refractivity contribution in [2.75, 3.05) is 6.61 Å². The van der Waals surface area contributed by atoms with E-state index in [9.17, 15) is 18.0 Å². The smallest absolute Gasteiger partial charge is 0.416 e. The number of alkyl halides is 3. The maximum Gasteiger partial charge on any atom is 0.416 e. The van der Waals surface area contributed by atoms with Gasteiger partial charge in [0.2, 0.25) is 0 Å². The number of esters is 1. The summed E-state index contributed by atoms with van der Waals surface area (Å²) in [6, 6.07) is 13.8. The third-order valence-electron chi connectivity index (χ3n) is 3.15. The topological polar surface area (TPSA) is 52.1 Å². The first kappa shape index (κ1) is 18.4. The van der Waals surface area contributed by atoms with Crippen molar-refractivity contribution >= 4 is 16.9 Å². The van der Waals surface area contributed by atoms with Crippen LogP contribution in [-0.2, 0) is 10.9 Å². The summed E-state index contributed by atoms with van der Waals surface area (Å²) < 4.78 is 41.1. The lowest BCUT2D eigenvalue weighted by molar-refractivity contribution is -0.137. The maximum absolute atomic E-state index is 12.2. The molecule has 0 spiro atoms. The second-order valence-electron chi connectivity index (χ2n) is 4.89. The van der Waals surface area contributed by atoms with Gasteiger partial charge in [-0.05, 0) is 43.3 Å². The van der Waals surface area contributed by atoms with Gasteiger partial charge < -0.3 is 4.74 Å². The van der Waals surface area contributed by atoms with Crippen LogP contribution in [0, 0.1) is 0 Å². The van der Waals surface area contributed by atoms with Crippen molar-refractivity contribution < 1.29 is 22.7 Å². The van der Waals surface area contributed by atoms with Crippen molar-refractivity contribution in [3.63, 3.8) is 0 Å². The van der Waals surface area contributed by atoms with Gasteiger partial charge in [0.25, 0.3) is 0 Å². The lowest BCUT2D eigenvalue weighted by Crippen LogP contribution is -2.07. The summed E-state index contributed by atoms with van der Waals surface area (Å²) in [5.74, 6) is -0.619. The normalized spacial score (nSPS) is 10.7. The minimum Gasteiger partial charge on any atom is -0.462 e. The molecule has 0 N–H and O–H groups in total. The standard InChI is InChI=1S/C10H9F3O2.C8H6N2/c1-2-15-9(14)7-3-5-8(6-4-7)10(11,12)13;1-2-4-8-7(3-1)5-6-9-10-8/h3-6H,2H2,1H3;1-6H. The number of rotatable bonds is 2. The highest BCUT2D eigenvalue weighted by atomic mass is 19.4. The molecule has 0 aliphatic heterocycles. The fraction of sp³-hybridized carbons (Fsp3) is 0.167. The second kappa shape index (κ2) is 8.23. The Bertz CT molecular complexity index is 768. The van der Waals surface area contributed by atoms with Crippen LogP contribution in [0.3, 0.4) is 0 Å². The summed E-state index contributed by atoms with van der Waals surface area (Å²) in [6.45, 7) is 1.82. The molecule has 4 nitrogen and oxygen atoms in total. The van der Waals surface area contributed by atoms with Crippen LogP contribution in [0.5, 0.6) is 0 Å². The third-order valence-corrected chi connectivity index (χ3v) is 3.15. The predicted octanol–water partition coefficient (Wildman–Crippen LogP) is 4.51. The van der Waals surface area contributed by atoms with Gasteiger partial charge in [-0.2, -0.15) is 23.4 Å². The molecule has 25 heavy (non-hydrogen) atoms. The fourth-order valence-corrected chi connectivity index (χ4v) is 1.94. The van der Waals surface area contributed by atoms with Gasteiger partial charge in [0.05, 0.1) is 29.4 Å². The number of hydrogen-bond acceptors (Lipinski definition) is 4. The van der Waals surface area contributed by atoms with E-state index in [1.165, 1.54) is 0 Å². The monoisotopic (exact) mass is 348 g/mol. The van der Waals surface area contributed by atoms with Crippen LogP contribution in [0.2, 0.25) is 0 Å². The van der Waals surface area contributed by atoms with Crippen molar-refractivity contribution in [3.05, 3.63) is 71.9 Å². The highest BCUT2D eigenvalue weighted by Gasteiger charge is 2.30. The van der Waals surface area contributed by atoms with E-state index in [2.05, 4.69) is 14.9 Å². The molecular formula is C18H15F3N2O2. The average Bonchev–Trinajstić information content (AvgIpc) is 2.62. The first-order valence-electron chi connectivity index (χ1n) is 7.42. The Balaban J connectivity index is 0.000000194. The summed E-state index contributed by atoms with van der Waals surface area (Å²) in [4.78, 5) is 11.1. The molecule has 2 aromatic carbocycles. The average molecular weight is 348 g/mol. The molecule has 0 radical (unpaired) electrons. The van der Waals surface area contributed by atoms with Crippen molar-refractivity contribution in [1.29, 1.82) is 0 Å². The molecule has 0 bridgehead atoms. The zero-order valence-electron chi connectivity index (χ0n) is 13.3. The van der Waals surface area contributed by atoms with Crippen molar-refractivity contribution in [3.8, 4) is 0 Å². The molecule has 130 valence electrons. The number of hydrogen-bond donors (Lipinski definition) is 0. The van der Waals surface area contributed by atoms with Gasteiger partial charge in [-0.15, -0.1) is 0 Å². The lowest BCUT2D eigenvalue weighted by atomic mass is 10.1. The Morgan fingerprint density at radius 2 is 1.72 bits per heavy atom. The molecule has 7 heteroatoms. The molecule has 0 unspecified atom stereocenters. The van der Waals surface area contributed by atoms with E-state index in [1.54, 1.807) is 13.1 Å². The van der Waals surface area contributed by atoms with Crippen LogP contribution in [-0.4, -0.2) is 22.8 Å². The van der Waals surface area contributed by atoms with Crippen LogP contribution in [0.15, 0.2) is 60.8 Å². The molecule has 3 rings (SSSR count). The Labute approximate surface area is 142 Å². The molecule has 0 saturated heterocycles. The number of carbonyl (C=O) groups is 1.